The lowest BCUT2D eigenvalue weighted by Crippen LogP contribution is -2.59. The van der Waals surface area contributed by atoms with E-state index in [1.165, 1.54) is 13.2 Å². The molecule has 2 aliphatic rings. The highest BCUT2D eigenvalue weighted by atomic mass is 19.1. The molecule has 2 aliphatic heterocycles. The lowest BCUT2D eigenvalue weighted by molar-refractivity contribution is -0.160. The van der Waals surface area contributed by atoms with Crippen LogP contribution in [0.3, 0.4) is 0 Å². The molecule has 28 heavy (non-hydrogen) atoms. The number of nitrogens with zero attached hydrogens (tertiary/aromatic N) is 2. The van der Waals surface area contributed by atoms with Gasteiger partial charge in [0, 0.05) is 31.8 Å². The molecule has 2 heterocycles. The molecule has 6 nitrogen and oxygen atoms in total. The monoisotopic (exact) mass is 394 g/mol. The molecule has 0 bridgehead atoms. The van der Waals surface area contributed by atoms with Crippen molar-refractivity contribution in [3.63, 3.8) is 0 Å². The molecule has 1 aromatic carbocycles. The Hall–Kier alpha value is -1.70. The Morgan fingerprint density at radius 2 is 2.04 bits per heavy atom. The number of benzene rings is 1. The van der Waals surface area contributed by atoms with Crippen molar-refractivity contribution in [2.24, 2.45) is 5.92 Å². The topological polar surface area (TPSA) is 73.2 Å². The molecule has 1 atom stereocenters. The molecule has 1 amide bonds. The lowest BCUT2D eigenvalue weighted by Gasteiger charge is -2.42. The van der Waals surface area contributed by atoms with E-state index in [0.717, 1.165) is 32.4 Å². The number of methoxy groups -OCH3 is 1. The zero-order valence-corrected chi connectivity index (χ0v) is 16.6. The van der Waals surface area contributed by atoms with E-state index in [-0.39, 0.29) is 24.9 Å². The minimum Gasteiger partial charge on any atom is -0.497 e. The number of hydrogen-bond acceptors (Lipinski definition) is 5. The maximum Gasteiger partial charge on any atom is 0.256 e. The Kier molecular flexibility index (Phi) is 6.91. The van der Waals surface area contributed by atoms with Crippen molar-refractivity contribution in [2.45, 2.75) is 44.2 Å². The SMILES string of the molecule is COc1ccc(F)c(CN2CCCC(O)(CN3CCC(CCO)CC3)C2=O)c1. The van der Waals surface area contributed by atoms with E-state index in [2.05, 4.69) is 4.90 Å². The first-order valence-corrected chi connectivity index (χ1v) is 10.1. The fraction of sp³-hybridized carbons (Fsp3) is 0.667. The number of aliphatic hydroxyl groups is 2. The Balaban J connectivity index is 1.63. The summed E-state index contributed by atoms with van der Waals surface area (Å²) in [6.45, 7) is 2.81. The van der Waals surface area contributed by atoms with Gasteiger partial charge in [-0.1, -0.05) is 0 Å². The highest BCUT2D eigenvalue weighted by Crippen LogP contribution is 2.29. The number of carbonyl (C=O) groups is 1. The molecule has 0 spiro atoms. The van der Waals surface area contributed by atoms with Crippen LogP contribution in [0.5, 0.6) is 5.75 Å². The molecule has 2 N–H and O–H groups in total. The number of β-amino-alcohol motifs (C(OH)–C–C–N with tert-alkyl or cyclic N) is 1. The van der Waals surface area contributed by atoms with Gasteiger partial charge in [0.25, 0.3) is 5.91 Å². The first kappa shape index (κ1) is 21.0. The van der Waals surface area contributed by atoms with Crippen molar-refractivity contribution in [2.75, 3.05) is 39.9 Å². The molecule has 0 saturated carbocycles. The number of carbonyl (C=O) groups excluding carboxylic acids is 1. The fourth-order valence-electron chi connectivity index (χ4n) is 4.35. The summed E-state index contributed by atoms with van der Waals surface area (Å²) in [6.07, 6.45) is 3.89. The van der Waals surface area contributed by atoms with Crippen LogP contribution in [-0.2, 0) is 11.3 Å². The van der Waals surface area contributed by atoms with Crippen LogP contribution in [0, 0.1) is 11.7 Å². The third-order valence-electron chi connectivity index (χ3n) is 6.05. The van der Waals surface area contributed by atoms with Crippen molar-refractivity contribution in [3.05, 3.63) is 29.6 Å². The van der Waals surface area contributed by atoms with Crippen LogP contribution >= 0.6 is 0 Å². The number of piperidine rings is 2. The summed E-state index contributed by atoms with van der Waals surface area (Å²) >= 11 is 0. The number of amides is 1. The number of rotatable bonds is 7. The van der Waals surface area contributed by atoms with Gasteiger partial charge in [-0.05, 0) is 69.3 Å². The van der Waals surface area contributed by atoms with Crippen LogP contribution in [0.25, 0.3) is 0 Å². The number of likely N-dealkylation sites (tertiary alicyclic amines) is 2. The quantitative estimate of drug-likeness (QED) is 0.738. The van der Waals surface area contributed by atoms with Gasteiger partial charge in [0.1, 0.15) is 11.6 Å². The average molecular weight is 394 g/mol. The summed E-state index contributed by atoms with van der Waals surface area (Å²) in [5, 5.41) is 20.2. The Labute approximate surface area is 165 Å². The molecule has 7 heteroatoms. The Bertz CT molecular complexity index is 678. The minimum atomic E-state index is -1.42. The molecule has 0 radical (unpaired) electrons. The van der Waals surface area contributed by atoms with Crippen LogP contribution in [-0.4, -0.2) is 71.4 Å². The number of ether oxygens (including phenoxy) is 1. The van der Waals surface area contributed by atoms with E-state index in [9.17, 15) is 14.3 Å². The summed E-state index contributed by atoms with van der Waals surface area (Å²) in [7, 11) is 1.52. The van der Waals surface area contributed by atoms with E-state index in [1.54, 1.807) is 17.0 Å². The van der Waals surface area contributed by atoms with Crippen molar-refractivity contribution in [3.8, 4) is 5.75 Å². The van der Waals surface area contributed by atoms with Gasteiger partial charge in [0.2, 0.25) is 0 Å². The summed E-state index contributed by atoms with van der Waals surface area (Å²) < 4.78 is 19.3. The predicted molar refractivity (Wildman–Crippen MR) is 103 cm³/mol. The van der Waals surface area contributed by atoms with Crippen LogP contribution in [0.15, 0.2) is 18.2 Å². The van der Waals surface area contributed by atoms with Gasteiger partial charge in [0.15, 0.2) is 5.60 Å². The summed E-state index contributed by atoms with van der Waals surface area (Å²) in [6, 6.07) is 4.49. The molecule has 3 rings (SSSR count). The average Bonchev–Trinajstić information content (AvgIpc) is 2.69. The molecule has 1 aromatic rings. The van der Waals surface area contributed by atoms with E-state index in [0.29, 0.717) is 43.2 Å². The standard InChI is InChI=1S/C21H31FN2O4/c1-28-18-3-4-19(22)17(13-18)14-24-9-2-8-21(27,20(24)26)15-23-10-5-16(6-11-23)7-12-25/h3-4,13,16,25,27H,2,5-12,14-15H2,1H3. The van der Waals surface area contributed by atoms with Crippen LogP contribution < -0.4 is 4.74 Å². The Morgan fingerprint density at radius 1 is 1.29 bits per heavy atom. The molecule has 2 saturated heterocycles. The third-order valence-corrected chi connectivity index (χ3v) is 6.05. The summed E-state index contributed by atoms with van der Waals surface area (Å²) in [5.74, 6) is 0.361. The van der Waals surface area contributed by atoms with Crippen molar-refractivity contribution < 1.29 is 24.1 Å². The van der Waals surface area contributed by atoms with Crippen LogP contribution in [0.2, 0.25) is 0 Å². The van der Waals surface area contributed by atoms with Crippen molar-refractivity contribution in [1.82, 2.24) is 9.80 Å². The smallest absolute Gasteiger partial charge is 0.256 e. The fourth-order valence-corrected chi connectivity index (χ4v) is 4.35. The lowest BCUT2D eigenvalue weighted by atomic mass is 9.88. The predicted octanol–water partition coefficient (Wildman–Crippen LogP) is 1.78. The largest absolute Gasteiger partial charge is 0.497 e. The van der Waals surface area contributed by atoms with Gasteiger partial charge < -0.3 is 19.8 Å². The van der Waals surface area contributed by atoms with Gasteiger partial charge in [-0.25, -0.2) is 4.39 Å². The van der Waals surface area contributed by atoms with Crippen LogP contribution in [0.4, 0.5) is 4.39 Å². The highest BCUT2D eigenvalue weighted by Gasteiger charge is 2.43. The van der Waals surface area contributed by atoms with E-state index >= 15 is 0 Å². The molecule has 0 aliphatic carbocycles. The van der Waals surface area contributed by atoms with Crippen molar-refractivity contribution in [1.29, 1.82) is 0 Å². The van der Waals surface area contributed by atoms with E-state index in [4.69, 9.17) is 9.84 Å². The van der Waals surface area contributed by atoms with Gasteiger partial charge in [-0.2, -0.15) is 0 Å². The van der Waals surface area contributed by atoms with Crippen molar-refractivity contribution >= 4 is 5.91 Å². The first-order chi connectivity index (χ1) is 13.4. The highest BCUT2D eigenvalue weighted by molar-refractivity contribution is 5.86. The molecule has 1 unspecified atom stereocenters. The summed E-state index contributed by atoms with van der Waals surface area (Å²) in [4.78, 5) is 16.7. The summed E-state index contributed by atoms with van der Waals surface area (Å²) in [5.41, 5.74) is -1.03. The number of aliphatic hydroxyl groups excluding tert-OH is 1. The molecule has 2 fully saturated rings. The second-order valence-corrected chi connectivity index (χ2v) is 8.05. The van der Waals surface area contributed by atoms with Gasteiger partial charge in [-0.3, -0.25) is 9.69 Å². The van der Waals surface area contributed by atoms with Gasteiger partial charge in [0.05, 0.1) is 7.11 Å². The molecule has 0 aromatic heterocycles. The minimum absolute atomic E-state index is 0.128. The van der Waals surface area contributed by atoms with E-state index in [1.807, 2.05) is 0 Å². The Morgan fingerprint density at radius 3 is 2.71 bits per heavy atom. The van der Waals surface area contributed by atoms with E-state index < -0.39 is 5.60 Å². The second kappa shape index (κ2) is 9.20. The molecule has 156 valence electrons. The zero-order valence-electron chi connectivity index (χ0n) is 16.6. The van der Waals surface area contributed by atoms with Gasteiger partial charge >= 0.3 is 0 Å². The zero-order chi connectivity index (χ0) is 20.1. The first-order valence-electron chi connectivity index (χ1n) is 10.1. The molecular weight excluding hydrogens is 363 g/mol. The molecular formula is C21H31FN2O4. The van der Waals surface area contributed by atoms with Crippen LogP contribution in [0.1, 0.15) is 37.7 Å². The maximum absolute atomic E-state index is 14.2. The normalized spacial score (nSPS) is 24.6. The number of halogens is 1. The maximum atomic E-state index is 14.2. The third kappa shape index (κ3) is 4.82. The second-order valence-electron chi connectivity index (χ2n) is 8.05. The number of hydrogen-bond donors (Lipinski definition) is 2. The van der Waals surface area contributed by atoms with Gasteiger partial charge in [-0.15, -0.1) is 0 Å².